The van der Waals surface area contributed by atoms with Crippen LogP contribution in [0.3, 0.4) is 0 Å². The number of anilines is 1. The fraction of sp³-hybridized carbons (Fsp3) is 0.0870. The molecule has 0 aliphatic carbocycles. The summed E-state index contributed by atoms with van der Waals surface area (Å²) >= 11 is 0. The molecule has 3 rings (SSSR count). The molecule has 8 nitrogen and oxygen atoms in total. The van der Waals surface area contributed by atoms with Crippen LogP contribution in [-0.4, -0.2) is 15.6 Å². The Bertz CT molecular complexity index is 1170. The molecule has 0 radical (unpaired) electrons. The molecule has 0 bridgehead atoms. The third-order valence-corrected chi connectivity index (χ3v) is 4.61. The van der Waals surface area contributed by atoms with Crippen molar-refractivity contribution in [2.24, 2.45) is 5.10 Å². The number of nitro benzene ring substituents is 2. The van der Waals surface area contributed by atoms with E-state index in [1.165, 1.54) is 12.1 Å². The molecule has 3 aromatic rings. The van der Waals surface area contributed by atoms with Crippen LogP contribution in [0.5, 0.6) is 0 Å². The molecule has 0 aliphatic heterocycles. The van der Waals surface area contributed by atoms with Crippen LogP contribution in [0.1, 0.15) is 19.4 Å². The number of nitrogens with zero attached hydrogens (tertiary/aromatic N) is 3. The van der Waals surface area contributed by atoms with Gasteiger partial charge in [-0.25, -0.2) is 0 Å². The second-order valence-electron chi connectivity index (χ2n) is 6.85. The number of rotatable bonds is 7. The molecule has 0 unspecified atom stereocenters. The van der Waals surface area contributed by atoms with E-state index < -0.39 is 15.5 Å². The number of hydrogen-bond donors (Lipinski definition) is 1. The monoisotopic (exact) mass is 416 g/mol. The number of hydrazone groups is 1. The summed E-state index contributed by atoms with van der Waals surface area (Å²) in [7, 11) is 0. The lowest BCUT2D eigenvalue weighted by Gasteiger charge is -2.06. The molecule has 0 atom stereocenters. The number of allylic oxidation sites excluding steroid dienone is 2. The number of nitro groups is 2. The summed E-state index contributed by atoms with van der Waals surface area (Å²) in [5, 5.41) is 26.2. The zero-order chi connectivity index (χ0) is 22.4. The Balaban J connectivity index is 1.76. The van der Waals surface area contributed by atoms with Gasteiger partial charge in [-0.3, -0.25) is 25.7 Å². The van der Waals surface area contributed by atoms with E-state index in [0.717, 1.165) is 28.3 Å². The van der Waals surface area contributed by atoms with Gasteiger partial charge in [0.25, 0.3) is 5.69 Å². The second-order valence-corrected chi connectivity index (χ2v) is 6.85. The van der Waals surface area contributed by atoms with Crippen molar-refractivity contribution in [2.75, 3.05) is 5.43 Å². The van der Waals surface area contributed by atoms with Gasteiger partial charge in [-0.1, -0.05) is 54.6 Å². The second kappa shape index (κ2) is 9.45. The predicted molar refractivity (Wildman–Crippen MR) is 122 cm³/mol. The molecule has 0 spiro atoms. The maximum absolute atomic E-state index is 11.2. The van der Waals surface area contributed by atoms with E-state index in [1.54, 1.807) is 6.92 Å². The molecule has 0 aliphatic rings. The fourth-order valence-corrected chi connectivity index (χ4v) is 3.01. The lowest BCUT2D eigenvalue weighted by atomic mass is 10.0. The number of benzene rings is 3. The molecule has 0 saturated heterocycles. The highest BCUT2D eigenvalue weighted by Crippen LogP contribution is 2.29. The van der Waals surface area contributed by atoms with Crippen molar-refractivity contribution in [3.05, 3.63) is 105 Å². The lowest BCUT2D eigenvalue weighted by molar-refractivity contribution is -0.393. The zero-order valence-electron chi connectivity index (χ0n) is 17.0. The van der Waals surface area contributed by atoms with Gasteiger partial charge in [0.15, 0.2) is 0 Å². The first-order valence-electron chi connectivity index (χ1n) is 9.42. The molecule has 3 aromatic carbocycles. The Morgan fingerprint density at radius 2 is 1.52 bits per heavy atom. The maximum Gasteiger partial charge on any atom is 0.301 e. The van der Waals surface area contributed by atoms with Crippen LogP contribution in [0.4, 0.5) is 17.1 Å². The van der Waals surface area contributed by atoms with Crippen LogP contribution in [-0.2, 0) is 0 Å². The summed E-state index contributed by atoms with van der Waals surface area (Å²) in [6.07, 6.45) is 1.85. The van der Waals surface area contributed by atoms with E-state index in [-0.39, 0.29) is 11.4 Å². The van der Waals surface area contributed by atoms with E-state index in [0.29, 0.717) is 5.71 Å². The summed E-state index contributed by atoms with van der Waals surface area (Å²) < 4.78 is 0. The standard InChI is InChI=1S/C23H20N4O4/c1-16(18-8-10-20(11-9-18)19-6-4-3-5-7-19)14-17(2)24-25-22-13-12-21(26(28)29)15-23(22)27(30)31/h3-15,25H,1-2H3/b16-14+,24-17-. The van der Waals surface area contributed by atoms with Crippen molar-refractivity contribution in [1.82, 2.24) is 0 Å². The third kappa shape index (κ3) is 5.39. The Morgan fingerprint density at radius 3 is 2.13 bits per heavy atom. The molecule has 156 valence electrons. The van der Waals surface area contributed by atoms with Gasteiger partial charge in [0.2, 0.25) is 0 Å². The summed E-state index contributed by atoms with van der Waals surface area (Å²) in [5.74, 6) is 0. The Kier molecular flexibility index (Phi) is 6.51. The van der Waals surface area contributed by atoms with Crippen LogP contribution in [0.2, 0.25) is 0 Å². The van der Waals surface area contributed by atoms with Gasteiger partial charge in [0.05, 0.1) is 21.6 Å². The first-order chi connectivity index (χ1) is 14.8. The molecule has 0 aromatic heterocycles. The highest BCUT2D eigenvalue weighted by atomic mass is 16.6. The minimum Gasteiger partial charge on any atom is -0.271 e. The summed E-state index contributed by atoms with van der Waals surface area (Å²) in [6, 6.07) is 21.6. The molecule has 0 saturated carbocycles. The third-order valence-electron chi connectivity index (χ3n) is 4.61. The molecule has 8 heteroatoms. The number of hydrogen-bond acceptors (Lipinski definition) is 6. The van der Waals surface area contributed by atoms with Crippen molar-refractivity contribution in [3.63, 3.8) is 0 Å². The van der Waals surface area contributed by atoms with Crippen LogP contribution in [0, 0.1) is 20.2 Å². The molecule has 1 N–H and O–H groups in total. The summed E-state index contributed by atoms with van der Waals surface area (Å²) in [4.78, 5) is 20.7. The first kappa shape index (κ1) is 21.4. The highest BCUT2D eigenvalue weighted by Gasteiger charge is 2.19. The van der Waals surface area contributed by atoms with E-state index in [4.69, 9.17) is 0 Å². The zero-order valence-corrected chi connectivity index (χ0v) is 17.0. The van der Waals surface area contributed by atoms with Crippen molar-refractivity contribution in [1.29, 1.82) is 0 Å². The van der Waals surface area contributed by atoms with E-state index >= 15 is 0 Å². The smallest absolute Gasteiger partial charge is 0.271 e. The average Bonchev–Trinajstić information content (AvgIpc) is 2.78. The SMILES string of the molecule is CC(/C=C(\C)c1ccc(-c2ccccc2)cc1)=N/Nc1ccc([N+](=O)[O-])cc1[N+](=O)[O-]. The normalized spacial score (nSPS) is 11.8. The highest BCUT2D eigenvalue weighted by molar-refractivity contribution is 5.99. The van der Waals surface area contributed by atoms with Gasteiger partial charge < -0.3 is 0 Å². The van der Waals surface area contributed by atoms with Gasteiger partial charge in [-0.05, 0) is 48.3 Å². The van der Waals surface area contributed by atoms with Crippen LogP contribution in [0.25, 0.3) is 16.7 Å². The lowest BCUT2D eigenvalue weighted by Crippen LogP contribution is -2.00. The molecule has 0 heterocycles. The van der Waals surface area contributed by atoms with Crippen molar-refractivity contribution in [2.45, 2.75) is 13.8 Å². The Morgan fingerprint density at radius 1 is 0.871 bits per heavy atom. The van der Waals surface area contributed by atoms with Gasteiger partial charge in [0, 0.05) is 6.07 Å². The van der Waals surface area contributed by atoms with Gasteiger partial charge in [-0.2, -0.15) is 5.10 Å². The minimum atomic E-state index is -0.685. The largest absolute Gasteiger partial charge is 0.301 e. The summed E-state index contributed by atoms with van der Waals surface area (Å²) in [6.45, 7) is 3.71. The van der Waals surface area contributed by atoms with E-state index in [9.17, 15) is 20.2 Å². The average molecular weight is 416 g/mol. The van der Waals surface area contributed by atoms with E-state index in [2.05, 4.69) is 22.7 Å². The maximum atomic E-state index is 11.2. The fourth-order valence-electron chi connectivity index (χ4n) is 3.01. The molecular formula is C23H20N4O4. The number of nitrogens with one attached hydrogen (secondary N) is 1. The number of non-ortho nitro benzene ring substituents is 1. The molecule has 0 fully saturated rings. The van der Waals surface area contributed by atoms with Crippen LogP contribution in [0.15, 0.2) is 84.0 Å². The van der Waals surface area contributed by atoms with Crippen LogP contribution < -0.4 is 5.43 Å². The topological polar surface area (TPSA) is 111 Å². The molecular weight excluding hydrogens is 396 g/mol. The van der Waals surface area contributed by atoms with Crippen molar-refractivity contribution < 1.29 is 9.85 Å². The quantitative estimate of drug-likeness (QED) is 0.286. The molecule has 31 heavy (non-hydrogen) atoms. The van der Waals surface area contributed by atoms with Crippen LogP contribution >= 0.6 is 0 Å². The Hall–Kier alpha value is -4.33. The Labute approximate surface area is 178 Å². The minimum absolute atomic E-state index is 0.0771. The summed E-state index contributed by atoms with van der Waals surface area (Å²) in [5.41, 5.74) is 6.79. The van der Waals surface area contributed by atoms with E-state index in [1.807, 2.05) is 55.5 Å². The van der Waals surface area contributed by atoms with Gasteiger partial charge in [0.1, 0.15) is 5.69 Å². The predicted octanol–water partition coefficient (Wildman–Crippen LogP) is 6.06. The first-order valence-corrected chi connectivity index (χ1v) is 9.42. The van der Waals surface area contributed by atoms with Crippen molar-refractivity contribution in [3.8, 4) is 11.1 Å². The molecule has 0 amide bonds. The van der Waals surface area contributed by atoms with Gasteiger partial charge >= 0.3 is 5.69 Å². The van der Waals surface area contributed by atoms with Gasteiger partial charge in [-0.15, -0.1) is 0 Å². The van der Waals surface area contributed by atoms with Crippen molar-refractivity contribution >= 4 is 28.3 Å².